The van der Waals surface area contributed by atoms with Crippen LogP contribution in [0.5, 0.6) is 0 Å². The van der Waals surface area contributed by atoms with Crippen molar-refractivity contribution in [1.82, 2.24) is 0 Å². The van der Waals surface area contributed by atoms with Gasteiger partial charge >= 0.3 is 0 Å². The van der Waals surface area contributed by atoms with Crippen molar-refractivity contribution >= 4 is 5.78 Å². The molecule has 1 heterocycles. The molecule has 2 rings (SSSR count). The molecule has 0 aromatic carbocycles. The Labute approximate surface area is 73.3 Å². The highest BCUT2D eigenvalue weighted by Gasteiger charge is 2.60. The van der Waals surface area contributed by atoms with Gasteiger partial charge in [0.05, 0.1) is 5.60 Å². The summed E-state index contributed by atoms with van der Waals surface area (Å²) in [7, 11) is 0. The first-order chi connectivity index (χ1) is 5.54. The minimum atomic E-state index is -0.0670. The van der Waals surface area contributed by atoms with Crippen molar-refractivity contribution in [2.45, 2.75) is 45.3 Å². The molecule has 1 saturated carbocycles. The first kappa shape index (κ1) is 8.24. The molecule has 0 radical (unpaired) electrons. The molecule has 2 heteroatoms. The van der Waals surface area contributed by atoms with Gasteiger partial charge in [0.15, 0.2) is 5.78 Å². The zero-order valence-corrected chi connectivity index (χ0v) is 7.96. The Bertz CT molecular complexity index is 222. The molecule has 0 spiro atoms. The summed E-state index contributed by atoms with van der Waals surface area (Å²) in [5.74, 6) is 1.08. The van der Waals surface area contributed by atoms with E-state index in [4.69, 9.17) is 4.74 Å². The number of Topliss-reactive ketones (excluding diaryl/α,β-unsaturated/α-hetero) is 1. The van der Waals surface area contributed by atoms with Gasteiger partial charge in [-0.05, 0) is 25.7 Å². The number of fused-ring (bicyclic) bond motifs is 1. The monoisotopic (exact) mass is 168 g/mol. The third-order valence-corrected chi connectivity index (χ3v) is 3.26. The van der Waals surface area contributed by atoms with Crippen molar-refractivity contribution in [1.29, 1.82) is 0 Å². The lowest BCUT2D eigenvalue weighted by atomic mass is 9.77. The number of carbonyl (C=O) groups excluding carboxylic acids is 1. The van der Waals surface area contributed by atoms with E-state index in [9.17, 15) is 4.79 Å². The van der Waals surface area contributed by atoms with Crippen molar-refractivity contribution in [2.24, 2.45) is 11.8 Å². The third-order valence-electron chi connectivity index (χ3n) is 3.26. The standard InChI is InChI=1S/C10H16O2/c1-6(2)7-4-5-10(3)9(12-10)8(7)11/h6-7,9H,4-5H2,1-3H3/t7-,9?,10+/m0/s1. The van der Waals surface area contributed by atoms with E-state index in [1.54, 1.807) is 0 Å². The smallest absolute Gasteiger partial charge is 0.167 e. The lowest BCUT2D eigenvalue weighted by Crippen LogP contribution is -2.34. The summed E-state index contributed by atoms with van der Waals surface area (Å²) >= 11 is 0. The van der Waals surface area contributed by atoms with Crippen LogP contribution in [0, 0.1) is 11.8 Å². The van der Waals surface area contributed by atoms with Gasteiger partial charge < -0.3 is 4.74 Å². The Balaban J connectivity index is 2.10. The second-order valence-electron chi connectivity index (χ2n) is 4.60. The van der Waals surface area contributed by atoms with Crippen molar-refractivity contribution in [3.05, 3.63) is 0 Å². The molecule has 1 unspecified atom stereocenters. The Kier molecular flexibility index (Phi) is 1.59. The molecule has 0 bridgehead atoms. The average molecular weight is 168 g/mol. The van der Waals surface area contributed by atoms with Crippen molar-refractivity contribution < 1.29 is 9.53 Å². The van der Waals surface area contributed by atoms with E-state index < -0.39 is 0 Å². The van der Waals surface area contributed by atoms with Crippen molar-refractivity contribution in [3.8, 4) is 0 Å². The molecule has 2 fully saturated rings. The average Bonchev–Trinajstić information content (AvgIpc) is 2.62. The predicted molar refractivity (Wildman–Crippen MR) is 45.8 cm³/mol. The highest BCUT2D eigenvalue weighted by atomic mass is 16.6. The molecule has 68 valence electrons. The molecule has 2 aliphatic rings. The first-order valence-electron chi connectivity index (χ1n) is 4.76. The van der Waals surface area contributed by atoms with E-state index in [0.29, 0.717) is 11.7 Å². The summed E-state index contributed by atoms with van der Waals surface area (Å²) < 4.78 is 5.41. The predicted octanol–water partition coefficient (Wildman–Crippen LogP) is 1.78. The van der Waals surface area contributed by atoms with Gasteiger partial charge in [0.25, 0.3) is 0 Å². The molecule has 0 N–H and O–H groups in total. The van der Waals surface area contributed by atoms with Gasteiger partial charge in [-0.1, -0.05) is 13.8 Å². The summed E-state index contributed by atoms with van der Waals surface area (Å²) in [5.41, 5.74) is -0.0670. The van der Waals surface area contributed by atoms with Crippen LogP contribution < -0.4 is 0 Å². The van der Waals surface area contributed by atoms with Crippen LogP contribution in [0.25, 0.3) is 0 Å². The molecule has 0 amide bonds. The molecule has 2 nitrogen and oxygen atoms in total. The highest BCUT2D eigenvalue weighted by molar-refractivity contribution is 5.90. The Morgan fingerprint density at radius 2 is 2.25 bits per heavy atom. The number of ether oxygens (including phenoxy) is 1. The van der Waals surface area contributed by atoms with Crippen molar-refractivity contribution in [3.63, 3.8) is 0 Å². The quantitative estimate of drug-likeness (QED) is 0.558. The molecule has 0 aromatic rings. The molecule has 12 heavy (non-hydrogen) atoms. The number of carbonyl (C=O) groups is 1. The van der Waals surface area contributed by atoms with Gasteiger partial charge in [-0.15, -0.1) is 0 Å². The molecule has 1 aliphatic carbocycles. The number of hydrogen-bond donors (Lipinski definition) is 0. The Morgan fingerprint density at radius 1 is 1.58 bits per heavy atom. The summed E-state index contributed by atoms with van der Waals surface area (Å²) in [5, 5.41) is 0. The molecule has 3 atom stereocenters. The lowest BCUT2D eigenvalue weighted by Gasteiger charge is -2.23. The van der Waals surface area contributed by atoms with Crippen LogP contribution in [0.3, 0.4) is 0 Å². The summed E-state index contributed by atoms with van der Waals surface area (Å²) in [6.45, 7) is 6.29. The van der Waals surface area contributed by atoms with Crippen LogP contribution in [0.15, 0.2) is 0 Å². The maximum atomic E-state index is 11.7. The maximum Gasteiger partial charge on any atom is 0.167 e. The molecular formula is C10H16O2. The van der Waals surface area contributed by atoms with Gasteiger partial charge in [0.1, 0.15) is 6.10 Å². The normalized spacial score (nSPS) is 46.2. The van der Waals surface area contributed by atoms with Gasteiger partial charge in [-0.2, -0.15) is 0 Å². The molecule has 0 aromatic heterocycles. The minimum absolute atomic E-state index is 0.0568. The fourth-order valence-electron chi connectivity index (χ4n) is 2.22. The summed E-state index contributed by atoms with van der Waals surface area (Å²) in [4.78, 5) is 11.7. The fourth-order valence-corrected chi connectivity index (χ4v) is 2.22. The van der Waals surface area contributed by atoms with Crippen molar-refractivity contribution in [2.75, 3.05) is 0 Å². The number of ketones is 1. The lowest BCUT2D eigenvalue weighted by molar-refractivity contribution is -0.126. The summed E-state index contributed by atoms with van der Waals surface area (Å²) in [6.07, 6.45) is 2.02. The minimum Gasteiger partial charge on any atom is -0.358 e. The van der Waals surface area contributed by atoms with Crippen LogP contribution in [-0.4, -0.2) is 17.5 Å². The molecule has 1 saturated heterocycles. The number of epoxide rings is 1. The largest absolute Gasteiger partial charge is 0.358 e. The van der Waals surface area contributed by atoms with E-state index >= 15 is 0 Å². The van der Waals surface area contributed by atoms with E-state index in [1.807, 2.05) is 6.92 Å². The van der Waals surface area contributed by atoms with E-state index in [1.165, 1.54) is 0 Å². The van der Waals surface area contributed by atoms with Crippen LogP contribution in [-0.2, 0) is 9.53 Å². The van der Waals surface area contributed by atoms with E-state index in [-0.39, 0.29) is 17.6 Å². The Morgan fingerprint density at radius 3 is 2.83 bits per heavy atom. The van der Waals surface area contributed by atoms with Gasteiger partial charge in [-0.3, -0.25) is 4.79 Å². The highest BCUT2D eigenvalue weighted by Crippen LogP contribution is 2.48. The number of rotatable bonds is 1. The second-order valence-corrected chi connectivity index (χ2v) is 4.60. The van der Waals surface area contributed by atoms with Crippen LogP contribution in [0.1, 0.15) is 33.6 Å². The summed E-state index contributed by atoms with van der Waals surface area (Å²) in [6, 6.07) is 0. The first-order valence-corrected chi connectivity index (χ1v) is 4.76. The third kappa shape index (κ3) is 1.01. The molecular weight excluding hydrogens is 152 g/mol. The van der Waals surface area contributed by atoms with Crippen LogP contribution in [0.4, 0.5) is 0 Å². The molecule has 1 aliphatic heterocycles. The zero-order chi connectivity index (χ0) is 8.93. The van der Waals surface area contributed by atoms with Crippen LogP contribution >= 0.6 is 0 Å². The van der Waals surface area contributed by atoms with Gasteiger partial charge in [-0.25, -0.2) is 0 Å². The van der Waals surface area contributed by atoms with Gasteiger partial charge in [0.2, 0.25) is 0 Å². The van der Waals surface area contributed by atoms with Crippen LogP contribution in [0.2, 0.25) is 0 Å². The van der Waals surface area contributed by atoms with Gasteiger partial charge in [0, 0.05) is 5.92 Å². The Hall–Kier alpha value is -0.370. The van der Waals surface area contributed by atoms with E-state index in [0.717, 1.165) is 12.8 Å². The number of hydrogen-bond acceptors (Lipinski definition) is 2. The zero-order valence-electron chi connectivity index (χ0n) is 7.96. The fraction of sp³-hybridized carbons (Fsp3) is 0.900. The SMILES string of the molecule is CC(C)[C@@H]1CC[C@@]2(C)OC2C1=O. The second kappa shape index (κ2) is 2.32. The topological polar surface area (TPSA) is 29.6 Å². The van der Waals surface area contributed by atoms with E-state index in [2.05, 4.69) is 13.8 Å². The maximum absolute atomic E-state index is 11.7.